The first-order valence-corrected chi connectivity index (χ1v) is 10.9. The second-order valence-electron chi connectivity index (χ2n) is 7.78. The number of halogens is 1. The molecule has 0 heterocycles. The first kappa shape index (κ1) is 25.2. The maximum Gasteiger partial charge on any atom is 0.258 e. The SMILES string of the molecule is CCNC(=NCCc1ccc(OCC(=O)NC2CC2)cc1)NCCNC(=O)C1CC1.I. The molecule has 172 valence electrons. The van der Waals surface area contributed by atoms with Gasteiger partial charge in [0.05, 0.1) is 0 Å². The van der Waals surface area contributed by atoms with E-state index in [9.17, 15) is 9.59 Å². The highest BCUT2D eigenvalue weighted by Crippen LogP contribution is 2.28. The lowest BCUT2D eigenvalue weighted by Crippen LogP contribution is -2.41. The molecular formula is C22H34IN5O3. The molecule has 9 heteroatoms. The van der Waals surface area contributed by atoms with Gasteiger partial charge in [-0.05, 0) is 56.7 Å². The first-order chi connectivity index (χ1) is 14.6. The molecule has 1 aromatic rings. The number of nitrogens with one attached hydrogen (secondary N) is 4. The van der Waals surface area contributed by atoms with E-state index < -0.39 is 0 Å². The van der Waals surface area contributed by atoms with Gasteiger partial charge in [0.2, 0.25) is 5.91 Å². The Bertz CT molecular complexity index is 733. The van der Waals surface area contributed by atoms with Crippen molar-refractivity contribution in [2.24, 2.45) is 10.9 Å². The number of aliphatic imine (C=N–C) groups is 1. The van der Waals surface area contributed by atoms with Crippen molar-refractivity contribution >= 4 is 41.8 Å². The Labute approximate surface area is 201 Å². The Morgan fingerprint density at radius 3 is 2.39 bits per heavy atom. The summed E-state index contributed by atoms with van der Waals surface area (Å²) < 4.78 is 5.53. The number of benzene rings is 1. The van der Waals surface area contributed by atoms with Crippen molar-refractivity contribution in [3.63, 3.8) is 0 Å². The largest absolute Gasteiger partial charge is 0.484 e. The highest BCUT2D eigenvalue weighted by atomic mass is 127. The lowest BCUT2D eigenvalue weighted by Gasteiger charge is -2.12. The average Bonchev–Trinajstić information content (AvgIpc) is 3.64. The van der Waals surface area contributed by atoms with Crippen LogP contribution in [0.25, 0.3) is 0 Å². The number of nitrogens with zero attached hydrogens (tertiary/aromatic N) is 1. The molecule has 2 fully saturated rings. The number of ether oxygens (including phenoxy) is 1. The van der Waals surface area contributed by atoms with Crippen LogP contribution < -0.4 is 26.0 Å². The van der Waals surface area contributed by atoms with E-state index in [4.69, 9.17) is 4.74 Å². The van der Waals surface area contributed by atoms with Gasteiger partial charge in [-0.1, -0.05) is 12.1 Å². The van der Waals surface area contributed by atoms with E-state index in [1.165, 1.54) is 0 Å². The van der Waals surface area contributed by atoms with Crippen LogP contribution in [0.2, 0.25) is 0 Å². The van der Waals surface area contributed by atoms with Crippen LogP contribution in [0, 0.1) is 5.92 Å². The second-order valence-corrected chi connectivity index (χ2v) is 7.78. The zero-order valence-corrected chi connectivity index (χ0v) is 20.4. The van der Waals surface area contributed by atoms with Gasteiger partial charge in [0.25, 0.3) is 5.91 Å². The Hall–Kier alpha value is -2.04. The summed E-state index contributed by atoms with van der Waals surface area (Å²) in [6.07, 6.45) is 4.99. The predicted octanol–water partition coefficient (Wildman–Crippen LogP) is 1.59. The molecule has 0 spiro atoms. The van der Waals surface area contributed by atoms with Crippen molar-refractivity contribution in [2.75, 3.05) is 32.8 Å². The van der Waals surface area contributed by atoms with Gasteiger partial charge in [-0.3, -0.25) is 14.6 Å². The number of hydrogen-bond acceptors (Lipinski definition) is 4. The Balaban J connectivity index is 0.00000341. The summed E-state index contributed by atoms with van der Waals surface area (Å²) in [7, 11) is 0. The Morgan fingerprint density at radius 1 is 1.03 bits per heavy atom. The van der Waals surface area contributed by atoms with E-state index in [2.05, 4.69) is 26.3 Å². The van der Waals surface area contributed by atoms with Crippen molar-refractivity contribution in [1.29, 1.82) is 0 Å². The van der Waals surface area contributed by atoms with Gasteiger partial charge in [-0.25, -0.2) is 0 Å². The molecule has 0 saturated heterocycles. The van der Waals surface area contributed by atoms with Crippen LogP contribution in [0.15, 0.2) is 29.3 Å². The number of carbonyl (C=O) groups excluding carboxylic acids is 2. The third kappa shape index (κ3) is 10.2. The summed E-state index contributed by atoms with van der Waals surface area (Å²) >= 11 is 0. The average molecular weight is 543 g/mol. The summed E-state index contributed by atoms with van der Waals surface area (Å²) in [6, 6.07) is 8.12. The standard InChI is InChI=1S/C22H33N5O3.HI/c1-2-23-22(26-14-13-24-21(29)17-5-6-17)25-12-11-16-3-9-19(10-4-16)30-15-20(28)27-18-7-8-18;/h3-4,9-10,17-18H,2,5-8,11-15H2,1H3,(H,24,29)(H,27,28)(H2,23,25,26);1H. The molecule has 0 unspecified atom stereocenters. The molecular weight excluding hydrogens is 509 g/mol. The molecule has 0 aromatic heterocycles. The molecule has 8 nitrogen and oxygen atoms in total. The maximum atomic E-state index is 11.7. The third-order valence-electron chi connectivity index (χ3n) is 4.92. The zero-order chi connectivity index (χ0) is 21.2. The minimum atomic E-state index is -0.0635. The fraction of sp³-hybridized carbons (Fsp3) is 0.591. The van der Waals surface area contributed by atoms with E-state index >= 15 is 0 Å². The molecule has 0 radical (unpaired) electrons. The minimum absolute atomic E-state index is 0. The number of carbonyl (C=O) groups is 2. The van der Waals surface area contributed by atoms with Gasteiger partial charge in [0, 0.05) is 38.1 Å². The predicted molar refractivity (Wildman–Crippen MR) is 132 cm³/mol. The van der Waals surface area contributed by atoms with Crippen molar-refractivity contribution in [3.8, 4) is 5.75 Å². The molecule has 2 aliphatic carbocycles. The summed E-state index contributed by atoms with van der Waals surface area (Å²) in [5.41, 5.74) is 1.15. The van der Waals surface area contributed by atoms with E-state index in [0.29, 0.717) is 31.4 Å². The molecule has 2 aliphatic rings. The Morgan fingerprint density at radius 2 is 1.74 bits per heavy atom. The number of guanidine groups is 1. The molecule has 0 aliphatic heterocycles. The van der Waals surface area contributed by atoms with Crippen LogP contribution in [0.5, 0.6) is 5.75 Å². The molecule has 0 atom stereocenters. The van der Waals surface area contributed by atoms with Crippen molar-refractivity contribution in [3.05, 3.63) is 29.8 Å². The molecule has 4 N–H and O–H groups in total. The smallest absolute Gasteiger partial charge is 0.258 e. The van der Waals surface area contributed by atoms with E-state index in [0.717, 1.165) is 50.2 Å². The summed E-state index contributed by atoms with van der Waals surface area (Å²) in [4.78, 5) is 27.9. The van der Waals surface area contributed by atoms with Crippen molar-refractivity contribution in [1.82, 2.24) is 21.3 Å². The molecule has 1 aromatic carbocycles. The van der Waals surface area contributed by atoms with Gasteiger partial charge in [-0.15, -0.1) is 24.0 Å². The highest BCUT2D eigenvalue weighted by Gasteiger charge is 2.29. The molecule has 31 heavy (non-hydrogen) atoms. The first-order valence-electron chi connectivity index (χ1n) is 10.9. The van der Waals surface area contributed by atoms with Gasteiger partial charge in [0.15, 0.2) is 12.6 Å². The van der Waals surface area contributed by atoms with Crippen LogP contribution in [-0.2, 0) is 16.0 Å². The van der Waals surface area contributed by atoms with Crippen LogP contribution in [0.1, 0.15) is 38.2 Å². The van der Waals surface area contributed by atoms with E-state index in [1.807, 2.05) is 31.2 Å². The number of rotatable bonds is 12. The second kappa shape index (κ2) is 13.4. The quantitative estimate of drug-likeness (QED) is 0.139. The van der Waals surface area contributed by atoms with Crippen LogP contribution >= 0.6 is 24.0 Å². The fourth-order valence-corrected chi connectivity index (χ4v) is 2.89. The molecule has 2 saturated carbocycles. The van der Waals surface area contributed by atoms with Gasteiger partial charge in [-0.2, -0.15) is 0 Å². The summed E-state index contributed by atoms with van der Waals surface area (Å²) in [6.45, 7) is 4.74. The number of hydrogen-bond donors (Lipinski definition) is 4. The summed E-state index contributed by atoms with van der Waals surface area (Å²) in [5.74, 6) is 1.78. The zero-order valence-electron chi connectivity index (χ0n) is 18.1. The number of amides is 2. The Kier molecular flexibility index (Phi) is 10.9. The van der Waals surface area contributed by atoms with E-state index in [1.54, 1.807) is 0 Å². The summed E-state index contributed by atoms with van der Waals surface area (Å²) in [5, 5.41) is 12.3. The lowest BCUT2D eigenvalue weighted by atomic mass is 10.1. The monoisotopic (exact) mass is 543 g/mol. The van der Waals surface area contributed by atoms with Gasteiger partial charge in [0.1, 0.15) is 5.75 Å². The van der Waals surface area contributed by atoms with Gasteiger partial charge >= 0.3 is 0 Å². The maximum absolute atomic E-state index is 11.7. The lowest BCUT2D eigenvalue weighted by molar-refractivity contribution is -0.123. The molecule has 3 rings (SSSR count). The fourth-order valence-electron chi connectivity index (χ4n) is 2.89. The van der Waals surface area contributed by atoms with Crippen LogP contribution in [-0.4, -0.2) is 56.6 Å². The van der Waals surface area contributed by atoms with E-state index in [-0.39, 0.29) is 48.3 Å². The van der Waals surface area contributed by atoms with Crippen molar-refractivity contribution in [2.45, 2.75) is 45.1 Å². The van der Waals surface area contributed by atoms with Crippen LogP contribution in [0.3, 0.4) is 0 Å². The molecule has 0 bridgehead atoms. The normalized spacial score (nSPS) is 15.5. The minimum Gasteiger partial charge on any atom is -0.484 e. The third-order valence-corrected chi connectivity index (χ3v) is 4.92. The van der Waals surface area contributed by atoms with Gasteiger partial charge < -0.3 is 26.0 Å². The van der Waals surface area contributed by atoms with Crippen LogP contribution in [0.4, 0.5) is 0 Å². The topological polar surface area (TPSA) is 104 Å². The molecule has 2 amide bonds. The van der Waals surface area contributed by atoms with Crippen molar-refractivity contribution < 1.29 is 14.3 Å². The highest BCUT2D eigenvalue weighted by molar-refractivity contribution is 14.0.